The number of nitrogens with two attached hydrogens (primary N) is 1. The largest absolute Gasteiger partial charge is 0.385 e. The first kappa shape index (κ1) is 9.98. The van der Waals surface area contributed by atoms with Gasteiger partial charge < -0.3 is 16.5 Å². The lowest BCUT2D eigenvalue weighted by molar-refractivity contribution is -0.104. The van der Waals surface area contributed by atoms with E-state index >= 15 is 0 Å². The normalized spacial score (nSPS) is 11.4. The number of benzene rings is 1. The number of carbonyl (C=O) groups excluding carboxylic acids is 1. The summed E-state index contributed by atoms with van der Waals surface area (Å²) in [6.07, 6.45) is 1.45. The third kappa shape index (κ3) is 2.45. The number of nitrogens with one attached hydrogen (secondary N) is 2. The lowest BCUT2D eigenvalue weighted by atomic mass is 10.3. The Labute approximate surface area is 81.9 Å². The zero-order chi connectivity index (χ0) is 10.4. The molecule has 0 unspecified atom stereocenters. The van der Waals surface area contributed by atoms with E-state index in [1.807, 2.05) is 30.3 Å². The number of para-hydroxylation sites is 1. The maximum atomic E-state index is 10.4. The standard InChI is InChI=1S/C10H11N3O/c11-6-8(7-14)10(12)13-9-4-2-1-3-5-9/h1-7,11,13H,12H2/b10-8+,11-6?. The second-order valence-corrected chi connectivity index (χ2v) is 2.62. The summed E-state index contributed by atoms with van der Waals surface area (Å²) in [4.78, 5) is 10.4. The Bertz CT molecular complexity index is 347. The second-order valence-electron chi connectivity index (χ2n) is 2.62. The van der Waals surface area contributed by atoms with E-state index in [1.165, 1.54) is 0 Å². The fourth-order valence-electron chi connectivity index (χ4n) is 0.924. The minimum Gasteiger partial charge on any atom is -0.385 e. The van der Waals surface area contributed by atoms with Crippen molar-refractivity contribution in [2.75, 3.05) is 5.32 Å². The lowest BCUT2D eigenvalue weighted by Crippen LogP contribution is -2.13. The van der Waals surface area contributed by atoms with Crippen molar-refractivity contribution < 1.29 is 4.79 Å². The van der Waals surface area contributed by atoms with E-state index in [9.17, 15) is 4.79 Å². The van der Waals surface area contributed by atoms with Crippen LogP contribution in [0.25, 0.3) is 0 Å². The number of hydrogen-bond donors (Lipinski definition) is 3. The van der Waals surface area contributed by atoms with Crippen LogP contribution in [0.4, 0.5) is 5.69 Å². The van der Waals surface area contributed by atoms with Gasteiger partial charge in [-0.25, -0.2) is 0 Å². The first-order chi connectivity index (χ1) is 6.77. The van der Waals surface area contributed by atoms with Crippen molar-refractivity contribution in [3.8, 4) is 0 Å². The topological polar surface area (TPSA) is 79.0 Å². The molecule has 72 valence electrons. The summed E-state index contributed by atoms with van der Waals surface area (Å²) in [5, 5.41) is 9.74. The summed E-state index contributed by atoms with van der Waals surface area (Å²) in [6.45, 7) is 0. The quantitative estimate of drug-likeness (QED) is 0.377. The van der Waals surface area contributed by atoms with Gasteiger partial charge in [-0.15, -0.1) is 0 Å². The molecule has 1 aromatic rings. The Kier molecular flexibility index (Phi) is 3.43. The first-order valence-corrected chi connectivity index (χ1v) is 4.05. The molecule has 0 aliphatic rings. The van der Waals surface area contributed by atoms with Gasteiger partial charge in [-0.1, -0.05) is 18.2 Å². The third-order valence-corrected chi connectivity index (χ3v) is 1.65. The van der Waals surface area contributed by atoms with Gasteiger partial charge in [0.2, 0.25) is 0 Å². The number of hydrogen-bond acceptors (Lipinski definition) is 4. The third-order valence-electron chi connectivity index (χ3n) is 1.65. The molecule has 4 N–H and O–H groups in total. The number of aldehydes is 1. The average molecular weight is 189 g/mol. The Hall–Kier alpha value is -2.10. The molecule has 0 aromatic heterocycles. The summed E-state index contributed by atoms with van der Waals surface area (Å²) < 4.78 is 0. The molecule has 0 saturated heterocycles. The maximum absolute atomic E-state index is 10.4. The fourth-order valence-corrected chi connectivity index (χ4v) is 0.924. The van der Waals surface area contributed by atoms with E-state index < -0.39 is 0 Å². The highest BCUT2D eigenvalue weighted by Gasteiger charge is 1.98. The van der Waals surface area contributed by atoms with E-state index in [1.54, 1.807) is 0 Å². The van der Waals surface area contributed by atoms with Crippen LogP contribution in [0.1, 0.15) is 0 Å². The van der Waals surface area contributed by atoms with Crippen molar-refractivity contribution in [1.82, 2.24) is 0 Å². The minimum absolute atomic E-state index is 0.133. The fraction of sp³-hybridized carbons (Fsp3) is 0. The van der Waals surface area contributed by atoms with Crippen LogP contribution in [0.15, 0.2) is 41.7 Å². The molecule has 1 rings (SSSR count). The molecule has 0 fully saturated rings. The molecule has 4 heteroatoms. The van der Waals surface area contributed by atoms with Crippen molar-refractivity contribution in [1.29, 1.82) is 5.41 Å². The predicted octanol–water partition coefficient (Wildman–Crippen LogP) is 1.12. The smallest absolute Gasteiger partial charge is 0.155 e. The van der Waals surface area contributed by atoms with Crippen LogP contribution < -0.4 is 11.1 Å². The van der Waals surface area contributed by atoms with E-state index in [0.717, 1.165) is 11.9 Å². The molecular weight excluding hydrogens is 178 g/mol. The van der Waals surface area contributed by atoms with Crippen LogP contribution in [0.3, 0.4) is 0 Å². The molecule has 0 radical (unpaired) electrons. The van der Waals surface area contributed by atoms with Gasteiger partial charge in [0.15, 0.2) is 6.29 Å². The Balaban J connectivity index is 2.84. The Morgan fingerprint density at radius 2 is 2.00 bits per heavy atom. The molecule has 0 aliphatic heterocycles. The highest BCUT2D eigenvalue weighted by Crippen LogP contribution is 2.07. The van der Waals surface area contributed by atoms with Crippen LogP contribution in [0.5, 0.6) is 0 Å². The number of rotatable bonds is 4. The SMILES string of the molecule is N=C/C(C=O)=C(/N)Nc1ccccc1. The van der Waals surface area contributed by atoms with Crippen molar-refractivity contribution in [3.63, 3.8) is 0 Å². The number of carbonyl (C=O) groups is 1. The van der Waals surface area contributed by atoms with Crippen molar-refractivity contribution in [2.24, 2.45) is 5.73 Å². The molecular formula is C10H11N3O. The minimum atomic E-state index is 0.133. The van der Waals surface area contributed by atoms with E-state index in [-0.39, 0.29) is 11.4 Å². The zero-order valence-electron chi connectivity index (χ0n) is 7.53. The van der Waals surface area contributed by atoms with E-state index in [2.05, 4.69) is 5.32 Å². The van der Waals surface area contributed by atoms with Gasteiger partial charge in [-0.05, 0) is 12.1 Å². The highest BCUT2D eigenvalue weighted by atomic mass is 16.1. The molecule has 0 saturated carbocycles. The van der Waals surface area contributed by atoms with Crippen LogP contribution in [0.2, 0.25) is 0 Å². The summed E-state index contributed by atoms with van der Waals surface area (Å²) in [6, 6.07) is 9.21. The molecule has 14 heavy (non-hydrogen) atoms. The summed E-state index contributed by atoms with van der Waals surface area (Å²) in [7, 11) is 0. The second kappa shape index (κ2) is 4.81. The number of allylic oxidation sites excluding steroid dienone is 1. The Morgan fingerprint density at radius 3 is 2.50 bits per heavy atom. The monoisotopic (exact) mass is 189 g/mol. The molecule has 0 bridgehead atoms. The van der Waals surface area contributed by atoms with Crippen LogP contribution in [0, 0.1) is 5.41 Å². The molecule has 4 nitrogen and oxygen atoms in total. The zero-order valence-corrected chi connectivity index (χ0v) is 7.53. The van der Waals surface area contributed by atoms with Gasteiger partial charge in [0.05, 0.1) is 5.57 Å². The van der Waals surface area contributed by atoms with Gasteiger partial charge in [-0.2, -0.15) is 0 Å². The van der Waals surface area contributed by atoms with Crippen LogP contribution in [-0.4, -0.2) is 12.5 Å². The van der Waals surface area contributed by atoms with Gasteiger partial charge >= 0.3 is 0 Å². The molecule has 0 spiro atoms. The average Bonchev–Trinajstić information content (AvgIpc) is 2.21. The van der Waals surface area contributed by atoms with E-state index in [0.29, 0.717) is 6.29 Å². The molecule has 0 atom stereocenters. The highest BCUT2D eigenvalue weighted by molar-refractivity contribution is 6.01. The first-order valence-electron chi connectivity index (χ1n) is 4.05. The summed E-state index contributed by atoms with van der Waals surface area (Å²) in [5.74, 6) is 0.182. The van der Waals surface area contributed by atoms with Gasteiger partial charge in [0, 0.05) is 11.9 Å². The van der Waals surface area contributed by atoms with Crippen molar-refractivity contribution in [2.45, 2.75) is 0 Å². The summed E-state index contributed by atoms with van der Waals surface area (Å²) >= 11 is 0. The molecule has 0 aliphatic carbocycles. The Morgan fingerprint density at radius 1 is 1.36 bits per heavy atom. The molecule has 1 aromatic carbocycles. The summed E-state index contributed by atoms with van der Waals surface area (Å²) in [5.41, 5.74) is 6.47. The van der Waals surface area contributed by atoms with Gasteiger partial charge in [0.25, 0.3) is 0 Å². The van der Waals surface area contributed by atoms with Crippen molar-refractivity contribution >= 4 is 18.2 Å². The predicted molar refractivity (Wildman–Crippen MR) is 56.1 cm³/mol. The lowest BCUT2D eigenvalue weighted by Gasteiger charge is -2.06. The number of anilines is 1. The molecule has 0 amide bonds. The molecule has 0 heterocycles. The van der Waals surface area contributed by atoms with Crippen molar-refractivity contribution in [3.05, 3.63) is 41.7 Å². The van der Waals surface area contributed by atoms with Gasteiger partial charge in [-0.3, -0.25) is 4.79 Å². The maximum Gasteiger partial charge on any atom is 0.155 e. The van der Waals surface area contributed by atoms with Crippen LogP contribution >= 0.6 is 0 Å². The van der Waals surface area contributed by atoms with Crippen LogP contribution in [-0.2, 0) is 4.79 Å². The van der Waals surface area contributed by atoms with E-state index in [4.69, 9.17) is 11.1 Å². The van der Waals surface area contributed by atoms with Gasteiger partial charge in [0.1, 0.15) is 5.82 Å².